The lowest BCUT2D eigenvalue weighted by Gasteiger charge is -2.23. The highest BCUT2D eigenvalue weighted by Crippen LogP contribution is 2.54. The fourth-order valence-corrected chi connectivity index (χ4v) is 8.24. The summed E-state index contributed by atoms with van der Waals surface area (Å²) in [6, 6.07) is 52.2. The van der Waals surface area contributed by atoms with Gasteiger partial charge in [-0.2, -0.15) is 0 Å². The number of fused-ring (bicyclic) bond motifs is 5. The molecule has 2 N–H and O–H groups in total. The van der Waals surface area contributed by atoms with Crippen molar-refractivity contribution in [2.45, 2.75) is 19.3 Å². The first-order chi connectivity index (χ1) is 25.4. The van der Waals surface area contributed by atoms with E-state index < -0.39 is 0 Å². The number of benzene rings is 7. The second-order valence-electron chi connectivity index (χ2n) is 14.2. The Hall–Kier alpha value is -6.51. The summed E-state index contributed by atoms with van der Waals surface area (Å²) >= 11 is 0. The summed E-state index contributed by atoms with van der Waals surface area (Å²) in [5.41, 5.74) is 22.1. The standard InChI is InChI=1S/C50H38N2/c1-32-17-10-15-28-44(32)52-49(48(51)34-20-8-5-9-21-34)47-37-23-12-11-22-36(37)45(41-31-35(29-30-38(41)47)33-18-6-4-7-19-33)40-25-16-27-43-46(40)39-24-13-14-26-42(39)50(43,2)3/h4-31H,1,51H2,2-3H3/b49-48-,52-44?. The molecule has 0 fully saturated rings. The lowest BCUT2D eigenvalue weighted by atomic mass is 9.80. The van der Waals surface area contributed by atoms with Gasteiger partial charge in [-0.1, -0.05) is 178 Å². The molecule has 0 heterocycles. The van der Waals surface area contributed by atoms with Crippen LogP contribution >= 0.6 is 0 Å². The van der Waals surface area contributed by atoms with E-state index in [1.54, 1.807) is 0 Å². The van der Waals surface area contributed by atoms with Gasteiger partial charge in [-0.25, -0.2) is 4.99 Å². The first-order valence-electron chi connectivity index (χ1n) is 17.9. The van der Waals surface area contributed by atoms with E-state index in [-0.39, 0.29) is 5.41 Å². The molecule has 0 radical (unpaired) electrons. The molecule has 2 heteroatoms. The topological polar surface area (TPSA) is 38.4 Å². The highest BCUT2D eigenvalue weighted by Gasteiger charge is 2.37. The van der Waals surface area contributed by atoms with Crippen LogP contribution in [0.4, 0.5) is 0 Å². The average molecular weight is 667 g/mol. The second kappa shape index (κ2) is 12.4. The molecule has 2 aliphatic carbocycles. The molecule has 0 spiro atoms. The quantitative estimate of drug-likeness (QED) is 0.144. The Labute approximate surface area is 305 Å². The lowest BCUT2D eigenvalue weighted by molar-refractivity contribution is 0.660. The first-order valence-corrected chi connectivity index (χ1v) is 17.9. The summed E-state index contributed by atoms with van der Waals surface area (Å²) in [7, 11) is 0. The Morgan fingerprint density at radius 3 is 1.98 bits per heavy atom. The Bertz CT molecular complexity index is 2700. The van der Waals surface area contributed by atoms with E-state index in [2.05, 4.69) is 148 Å². The minimum Gasteiger partial charge on any atom is -0.396 e. The Kier molecular flexibility index (Phi) is 7.48. The molecule has 0 unspecified atom stereocenters. The second-order valence-corrected chi connectivity index (χ2v) is 14.2. The fourth-order valence-electron chi connectivity index (χ4n) is 8.24. The third kappa shape index (κ3) is 4.99. The van der Waals surface area contributed by atoms with Gasteiger partial charge in [0.1, 0.15) is 0 Å². The predicted molar refractivity (Wildman–Crippen MR) is 222 cm³/mol. The van der Waals surface area contributed by atoms with Crippen LogP contribution in [-0.4, -0.2) is 5.71 Å². The van der Waals surface area contributed by atoms with Crippen molar-refractivity contribution in [2.75, 3.05) is 0 Å². The normalized spacial score (nSPS) is 15.6. The fraction of sp³-hybridized carbons (Fsp3) is 0.0600. The molecule has 7 aromatic carbocycles. The van der Waals surface area contributed by atoms with Gasteiger partial charge in [0.15, 0.2) is 0 Å². The van der Waals surface area contributed by atoms with Crippen molar-refractivity contribution in [1.29, 1.82) is 0 Å². The van der Waals surface area contributed by atoms with E-state index in [0.717, 1.165) is 55.2 Å². The molecule has 0 amide bonds. The first kappa shape index (κ1) is 31.5. The summed E-state index contributed by atoms with van der Waals surface area (Å²) in [4.78, 5) is 5.39. The van der Waals surface area contributed by atoms with Crippen LogP contribution in [0.3, 0.4) is 0 Å². The third-order valence-corrected chi connectivity index (χ3v) is 10.8. The SMILES string of the molecule is C=C1C=CC=CC1=N/C(=C(\N)c1ccccc1)c1c2ccccc2c(-c2cccc3c2-c2ccccc2C3(C)C)c2cc(-c3ccccc3)ccc12. The molecule has 0 saturated carbocycles. The maximum absolute atomic E-state index is 7.24. The van der Waals surface area contributed by atoms with Crippen molar-refractivity contribution in [3.05, 3.63) is 204 Å². The van der Waals surface area contributed by atoms with Gasteiger partial charge in [-0.05, 0) is 89.3 Å². The van der Waals surface area contributed by atoms with E-state index in [1.165, 1.54) is 38.9 Å². The van der Waals surface area contributed by atoms with Crippen LogP contribution < -0.4 is 5.73 Å². The van der Waals surface area contributed by atoms with Crippen LogP contribution in [0.15, 0.2) is 187 Å². The van der Waals surface area contributed by atoms with E-state index in [0.29, 0.717) is 5.70 Å². The van der Waals surface area contributed by atoms with E-state index in [4.69, 9.17) is 10.7 Å². The van der Waals surface area contributed by atoms with Gasteiger partial charge in [-0.3, -0.25) is 0 Å². The molecule has 248 valence electrons. The van der Waals surface area contributed by atoms with Crippen molar-refractivity contribution in [2.24, 2.45) is 10.7 Å². The lowest BCUT2D eigenvalue weighted by Crippen LogP contribution is -2.14. The number of nitrogens with zero attached hydrogens (tertiary/aromatic N) is 1. The van der Waals surface area contributed by atoms with E-state index >= 15 is 0 Å². The number of allylic oxidation sites excluding steroid dienone is 5. The summed E-state index contributed by atoms with van der Waals surface area (Å²) in [6.07, 6.45) is 8.01. The highest BCUT2D eigenvalue weighted by molar-refractivity contribution is 6.24. The van der Waals surface area contributed by atoms with Crippen LogP contribution in [-0.2, 0) is 5.41 Å². The Morgan fingerprint density at radius 2 is 1.19 bits per heavy atom. The molecule has 0 aromatic heterocycles. The molecule has 52 heavy (non-hydrogen) atoms. The maximum Gasteiger partial charge on any atom is 0.0957 e. The number of aliphatic imine (C=N–C) groups is 1. The number of rotatable bonds is 5. The zero-order chi connectivity index (χ0) is 35.4. The zero-order valence-corrected chi connectivity index (χ0v) is 29.4. The minimum absolute atomic E-state index is 0.122. The van der Waals surface area contributed by atoms with Gasteiger partial charge in [0, 0.05) is 11.0 Å². The van der Waals surface area contributed by atoms with Crippen LogP contribution in [0.1, 0.15) is 36.1 Å². The van der Waals surface area contributed by atoms with Gasteiger partial charge in [0.25, 0.3) is 0 Å². The van der Waals surface area contributed by atoms with Crippen molar-refractivity contribution in [3.63, 3.8) is 0 Å². The van der Waals surface area contributed by atoms with Crippen LogP contribution in [0.25, 0.3) is 66.3 Å². The monoisotopic (exact) mass is 666 g/mol. The Balaban J connectivity index is 1.45. The molecule has 2 nitrogen and oxygen atoms in total. The molecular weight excluding hydrogens is 629 g/mol. The molecule has 9 rings (SSSR count). The maximum atomic E-state index is 7.24. The molecule has 0 atom stereocenters. The number of hydrogen-bond donors (Lipinski definition) is 1. The van der Waals surface area contributed by atoms with Crippen LogP contribution in [0, 0.1) is 0 Å². The van der Waals surface area contributed by atoms with Gasteiger partial charge < -0.3 is 5.73 Å². The summed E-state index contributed by atoms with van der Waals surface area (Å²) in [6.45, 7) is 9.02. The molecule has 0 aliphatic heterocycles. The van der Waals surface area contributed by atoms with Crippen molar-refractivity contribution >= 4 is 38.7 Å². The van der Waals surface area contributed by atoms with E-state index in [1.807, 2.05) is 42.5 Å². The van der Waals surface area contributed by atoms with Crippen LogP contribution in [0.5, 0.6) is 0 Å². The van der Waals surface area contributed by atoms with E-state index in [9.17, 15) is 0 Å². The molecular formula is C50H38N2. The largest absolute Gasteiger partial charge is 0.396 e. The zero-order valence-electron chi connectivity index (χ0n) is 29.4. The van der Waals surface area contributed by atoms with Crippen molar-refractivity contribution in [1.82, 2.24) is 0 Å². The van der Waals surface area contributed by atoms with Gasteiger partial charge in [-0.15, -0.1) is 0 Å². The molecule has 7 aromatic rings. The minimum atomic E-state index is -0.122. The molecule has 0 saturated heterocycles. The van der Waals surface area contributed by atoms with Crippen LogP contribution in [0.2, 0.25) is 0 Å². The summed E-state index contributed by atoms with van der Waals surface area (Å²) < 4.78 is 0. The summed E-state index contributed by atoms with van der Waals surface area (Å²) in [5.74, 6) is 0. The van der Waals surface area contributed by atoms with Crippen molar-refractivity contribution < 1.29 is 0 Å². The highest BCUT2D eigenvalue weighted by atomic mass is 14.8. The van der Waals surface area contributed by atoms with Gasteiger partial charge >= 0.3 is 0 Å². The predicted octanol–water partition coefficient (Wildman–Crippen LogP) is 12.5. The average Bonchev–Trinajstić information content (AvgIpc) is 3.43. The van der Waals surface area contributed by atoms with Crippen molar-refractivity contribution in [3.8, 4) is 33.4 Å². The summed E-state index contributed by atoms with van der Waals surface area (Å²) in [5, 5.41) is 4.50. The third-order valence-electron chi connectivity index (χ3n) is 10.8. The van der Waals surface area contributed by atoms with Gasteiger partial charge in [0.05, 0.1) is 17.1 Å². The smallest absolute Gasteiger partial charge is 0.0957 e. The molecule has 0 bridgehead atoms. The molecule has 2 aliphatic rings. The number of nitrogens with two attached hydrogens (primary N) is 1. The Morgan fingerprint density at radius 1 is 0.558 bits per heavy atom. The number of hydrogen-bond acceptors (Lipinski definition) is 2. The van der Waals surface area contributed by atoms with Gasteiger partial charge in [0.2, 0.25) is 0 Å².